The third-order valence-electron chi connectivity index (χ3n) is 3.30. The first-order valence-corrected chi connectivity index (χ1v) is 9.76. The van der Waals surface area contributed by atoms with Gasteiger partial charge in [0, 0.05) is 33.5 Å². The van der Waals surface area contributed by atoms with Crippen LogP contribution in [0.5, 0.6) is 0 Å². The lowest BCUT2D eigenvalue weighted by Crippen LogP contribution is -2.38. The van der Waals surface area contributed by atoms with Gasteiger partial charge in [-0.3, -0.25) is 14.4 Å². The van der Waals surface area contributed by atoms with E-state index < -0.39 is 34.3 Å². The van der Waals surface area contributed by atoms with Gasteiger partial charge in [-0.25, -0.2) is 13.1 Å². The number of hydrogen-bond donors (Lipinski definition) is 5. The highest BCUT2D eigenvalue weighted by Crippen LogP contribution is 2.10. The number of sulfonamides is 1. The van der Waals surface area contributed by atoms with E-state index in [0.29, 0.717) is 19.8 Å². The van der Waals surface area contributed by atoms with Crippen LogP contribution in [0.4, 0.5) is 0 Å². The molecule has 13 heteroatoms. The lowest BCUT2D eigenvalue weighted by molar-refractivity contribution is -0.121. The topological polar surface area (TPSA) is 168 Å². The molecule has 0 fully saturated rings. The largest absolute Gasteiger partial charge is 0.383 e. The summed E-state index contributed by atoms with van der Waals surface area (Å²) in [5, 5.41) is 7.35. The maximum Gasteiger partial charge on any atom is 0.268 e. The summed E-state index contributed by atoms with van der Waals surface area (Å²) in [5.41, 5.74) is -0.0467. The Balaban J connectivity index is 2.51. The van der Waals surface area contributed by atoms with Crippen LogP contribution in [-0.2, 0) is 29.1 Å². The summed E-state index contributed by atoms with van der Waals surface area (Å²) in [6, 6.07) is 1.10. The Bertz CT molecular complexity index is 763. The highest BCUT2D eigenvalue weighted by molar-refractivity contribution is 7.89. The quantitative estimate of drug-likeness (QED) is 0.221. The molecular formula is C15H25N5O7S. The van der Waals surface area contributed by atoms with Crippen LogP contribution in [0.15, 0.2) is 17.2 Å². The van der Waals surface area contributed by atoms with Crippen molar-refractivity contribution in [2.75, 3.05) is 53.6 Å². The van der Waals surface area contributed by atoms with E-state index in [9.17, 15) is 22.8 Å². The monoisotopic (exact) mass is 419 g/mol. The fraction of sp³-hybridized carbons (Fsp3) is 0.533. The van der Waals surface area contributed by atoms with Gasteiger partial charge in [-0.2, -0.15) is 0 Å². The highest BCUT2D eigenvalue weighted by Gasteiger charge is 2.19. The van der Waals surface area contributed by atoms with Crippen molar-refractivity contribution < 1.29 is 32.3 Å². The van der Waals surface area contributed by atoms with Gasteiger partial charge in [-0.05, 0) is 6.07 Å². The van der Waals surface area contributed by atoms with Gasteiger partial charge in [0.25, 0.3) is 5.91 Å². The van der Waals surface area contributed by atoms with E-state index in [0.717, 1.165) is 12.3 Å². The normalized spacial score (nSPS) is 11.1. The predicted molar refractivity (Wildman–Crippen MR) is 98.1 cm³/mol. The molecule has 0 radical (unpaired) electrons. The summed E-state index contributed by atoms with van der Waals surface area (Å²) in [6.07, 6.45) is 1.11. The average Bonchev–Trinajstić information content (AvgIpc) is 3.16. The molecule has 28 heavy (non-hydrogen) atoms. The molecule has 1 aromatic rings. The van der Waals surface area contributed by atoms with Gasteiger partial charge in [0.15, 0.2) is 0 Å². The van der Waals surface area contributed by atoms with Crippen LogP contribution >= 0.6 is 0 Å². The number of aromatic nitrogens is 1. The zero-order valence-electron chi connectivity index (χ0n) is 15.7. The summed E-state index contributed by atoms with van der Waals surface area (Å²) in [4.78, 5) is 37.4. The molecule has 0 saturated carbocycles. The van der Waals surface area contributed by atoms with E-state index in [1.165, 1.54) is 14.2 Å². The number of ether oxygens (including phenoxy) is 2. The molecule has 0 aliphatic carbocycles. The number of carbonyl (C=O) groups is 3. The highest BCUT2D eigenvalue weighted by atomic mass is 32.2. The van der Waals surface area contributed by atoms with Gasteiger partial charge in [-0.1, -0.05) is 0 Å². The van der Waals surface area contributed by atoms with E-state index in [1.54, 1.807) is 0 Å². The summed E-state index contributed by atoms with van der Waals surface area (Å²) in [6.45, 7) is 0.476. The maximum atomic E-state index is 12.2. The number of nitrogens with one attached hydrogen (secondary N) is 5. The van der Waals surface area contributed by atoms with Crippen LogP contribution in [-0.4, -0.2) is 84.7 Å². The Morgan fingerprint density at radius 2 is 1.54 bits per heavy atom. The molecule has 0 spiro atoms. The van der Waals surface area contributed by atoms with Crippen LogP contribution in [0.2, 0.25) is 0 Å². The number of methoxy groups -OCH3 is 2. The lowest BCUT2D eigenvalue weighted by Gasteiger charge is -2.06. The number of H-pyrrole nitrogens is 1. The molecule has 12 nitrogen and oxygen atoms in total. The molecule has 158 valence electrons. The van der Waals surface area contributed by atoms with Crippen molar-refractivity contribution in [3.05, 3.63) is 18.0 Å². The minimum Gasteiger partial charge on any atom is -0.383 e. The van der Waals surface area contributed by atoms with Gasteiger partial charge in [0.05, 0.1) is 26.3 Å². The molecule has 0 aromatic carbocycles. The Morgan fingerprint density at radius 3 is 2.11 bits per heavy atom. The van der Waals surface area contributed by atoms with Crippen LogP contribution in [0.3, 0.4) is 0 Å². The molecular weight excluding hydrogens is 394 g/mol. The summed E-state index contributed by atoms with van der Waals surface area (Å²) >= 11 is 0. The molecule has 0 aliphatic heterocycles. The van der Waals surface area contributed by atoms with Gasteiger partial charge < -0.3 is 30.4 Å². The zero-order chi connectivity index (χ0) is 21.0. The first kappa shape index (κ1) is 23.6. The van der Waals surface area contributed by atoms with Crippen LogP contribution < -0.4 is 20.7 Å². The third-order valence-corrected chi connectivity index (χ3v) is 4.68. The van der Waals surface area contributed by atoms with Crippen molar-refractivity contribution in [2.24, 2.45) is 0 Å². The molecule has 0 unspecified atom stereocenters. The summed E-state index contributed by atoms with van der Waals surface area (Å²) in [5.74, 6) is -1.58. The fourth-order valence-corrected chi connectivity index (χ4v) is 2.85. The maximum absolute atomic E-state index is 12.2. The van der Waals surface area contributed by atoms with Gasteiger partial charge in [0.1, 0.15) is 10.6 Å². The first-order chi connectivity index (χ1) is 13.3. The molecule has 0 bridgehead atoms. The number of hydrogen-bond acceptors (Lipinski definition) is 7. The molecule has 0 saturated heterocycles. The van der Waals surface area contributed by atoms with Crippen LogP contribution in [0.1, 0.15) is 10.5 Å². The van der Waals surface area contributed by atoms with Gasteiger partial charge >= 0.3 is 0 Å². The second kappa shape index (κ2) is 12.1. The average molecular weight is 419 g/mol. The Kier molecular flexibility index (Phi) is 10.2. The van der Waals surface area contributed by atoms with E-state index in [-0.39, 0.29) is 23.7 Å². The van der Waals surface area contributed by atoms with Crippen LogP contribution in [0, 0.1) is 0 Å². The van der Waals surface area contributed by atoms with Crippen molar-refractivity contribution >= 4 is 27.7 Å². The molecule has 1 rings (SSSR count). The SMILES string of the molecule is COCCNC(=O)CNC(=O)c1cc(S(=O)(=O)NCC(=O)NCCOC)c[nH]1. The van der Waals surface area contributed by atoms with E-state index in [1.807, 2.05) is 0 Å². The number of amides is 3. The van der Waals surface area contributed by atoms with Crippen molar-refractivity contribution in [3.63, 3.8) is 0 Å². The Hall–Kier alpha value is -2.48. The first-order valence-electron chi connectivity index (χ1n) is 8.27. The van der Waals surface area contributed by atoms with Gasteiger partial charge in [0.2, 0.25) is 21.8 Å². The lowest BCUT2D eigenvalue weighted by atomic mass is 10.4. The number of carbonyl (C=O) groups excluding carboxylic acids is 3. The van der Waals surface area contributed by atoms with Crippen molar-refractivity contribution in [1.29, 1.82) is 0 Å². The zero-order valence-corrected chi connectivity index (χ0v) is 16.5. The number of aromatic amines is 1. The number of rotatable bonds is 13. The van der Waals surface area contributed by atoms with E-state index in [4.69, 9.17) is 9.47 Å². The Morgan fingerprint density at radius 1 is 0.964 bits per heavy atom. The standard InChI is InChI=1S/C15H25N5O7S/c1-26-5-3-16-13(21)9-19-15(23)12-7-11(8-18-12)28(24,25)20-10-14(22)17-4-6-27-2/h7-8,18,20H,3-6,9-10H2,1-2H3,(H,16,21)(H,17,22)(H,19,23). The minimum absolute atomic E-state index is 0.0467. The van der Waals surface area contributed by atoms with E-state index in [2.05, 4.69) is 25.7 Å². The van der Waals surface area contributed by atoms with Crippen molar-refractivity contribution in [2.45, 2.75) is 4.90 Å². The van der Waals surface area contributed by atoms with E-state index >= 15 is 0 Å². The van der Waals surface area contributed by atoms with Crippen LogP contribution in [0.25, 0.3) is 0 Å². The second-order valence-electron chi connectivity index (χ2n) is 5.44. The second-order valence-corrected chi connectivity index (χ2v) is 7.21. The van der Waals surface area contributed by atoms with Crippen molar-refractivity contribution in [1.82, 2.24) is 25.7 Å². The fourth-order valence-electron chi connectivity index (χ4n) is 1.87. The molecule has 1 heterocycles. The van der Waals surface area contributed by atoms with Gasteiger partial charge in [-0.15, -0.1) is 0 Å². The Labute approximate surface area is 162 Å². The molecule has 1 aromatic heterocycles. The third kappa shape index (κ3) is 8.47. The predicted octanol–water partition coefficient (Wildman–Crippen LogP) is -2.45. The summed E-state index contributed by atoms with van der Waals surface area (Å²) < 4.78 is 36.0. The summed E-state index contributed by atoms with van der Waals surface area (Å²) in [7, 11) is -1.02. The smallest absolute Gasteiger partial charge is 0.268 e. The molecule has 3 amide bonds. The molecule has 0 aliphatic rings. The molecule has 0 atom stereocenters. The minimum atomic E-state index is -3.99. The molecule has 5 N–H and O–H groups in total. The van der Waals surface area contributed by atoms with Crippen molar-refractivity contribution in [3.8, 4) is 0 Å².